The van der Waals surface area contributed by atoms with E-state index in [2.05, 4.69) is 5.32 Å². The third kappa shape index (κ3) is 4.76. The van der Waals surface area contributed by atoms with Crippen molar-refractivity contribution in [3.8, 4) is 5.75 Å². The van der Waals surface area contributed by atoms with Gasteiger partial charge in [0.2, 0.25) is 0 Å². The number of benzene rings is 2. The molecular weight excluding hydrogens is 293 g/mol. The number of carbonyl (C=O) groups excluding carboxylic acids is 1. The molecule has 1 amide bonds. The lowest BCUT2D eigenvalue weighted by Crippen LogP contribution is -2.31. The molecule has 1 unspecified atom stereocenters. The van der Waals surface area contributed by atoms with Gasteiger partial charge < -0.3 is 10.1 Å². The molecule has 2 aromatic carbocycles. The predicted octanol–water partition coefficient (Wildman–Crippen LogP) is 3.74. The molecule has 110 valence electrons. The first-order chi connectivity index (χ1) is 10.0. The minimum atomic E-state index is -0.304. The van der Waals surface area contributed by atoms with E-state index in [1.807, 2.05) is 6.92 Å². The number of nitrogens with one attached hydrogen (secondary N) is 1. The number of carbonyl (C=O) groups is 1. The summed E-state index contributed by atoms with van der Waals surface area (Å²) in [6.07, 6.45) is 0. The zero-order valence-electron chi connectivity index (χ0n) is 11.5. The van der Waals surface area contributed by atoms with Crippen LogP contribution in [0.2, 0.25) is 5.02 Å². The van der Waals surface area contributed by atoms with Gasteiger partial charge in [0.05, 0.1) is 6.04 Å². The van der Waals surface area contributed by atoms with Crippen LogP contribution in [-0.4, -0.2) is 12.5 Å². The van der Waals surface area contributed by atoms with Crippen molar-refractivity contribution in [2.75, 3.05) is 6.61 Å². The van der Waals surface area contributed by atoms with Gasteiger partial charge in [-0.1, -0.05) is 29.8 Å². The summed E-state index contributed by atoms with van der Waals surface area (Å²) in [5.74, 6) is -0.0274. The highest BCUT2D eigenvalue weighted by atomic mass is 35.5. The van der Waals surface area contributed by atoms with Crippen LogP contribution in [0.5, 0.6) is 5.75 Å². The van der Waals surface area contributed by atoms with Crippen molar-refractivity contribution < 1.29 is 13.9 Å². The van der Waals surface area contributed by atoms with E-state index in [0.717, 1.165) is 5.56 Å². The van der Waals surface area contributed by atoms with E-state index in [9.17, 15) is 9.18 Å². The molecule has 0 heterocycles. The largest absolute Gasteiger partial charge is 0.484 e. The summed E-state index contributed by atoms with van der Waals surface area (Å²) in [7, 11) is 0. The van der Waals surface area contributed by atoms with Crippen molar-refractivity contribution in [3.63, 3.8) is 0 Å². The minimum absolute atomic E-state index is 0.105. The molecule has 0 aromatic heterocycles. The highest BCUT2D eigenvalue weighted by Crippen LogP contribution is 2.17. The van der Waals surface area contributed by atoms with Gasteiger partial charge >= 0.3 is 0 Å². The average molecular weight is 308 g/mol. The van der Waals surface area contributed by atoms with E-state index < -0.39 is 0 Å². The Morgan fingerprint density at radius 3 is 2.67 bits per heavy atom. The number of hydrogen-bond acceptors (Lipinski definition) is 2. The number of ether oxygens (including phenoxy) is 1. The molecule has 0 aliphatic rings. The van der Waals surface area contributed by atoms with Gasteiger partial charge in [0.1, 0.15) is 11.6 Å². The first kappa shape index (κ1) is 15.3. The second-order valence-corrected chi connectivity index (χ2v) is 5.02. The van der Waals surface area contributed by atoms with E-state index in [0.29, 0.717) is 10.8 Å². The van der Waals surface area contributed by atoms with Crippen LogP contribution >= 0.6 is 11.6 Å². The average Bonchev–Trinajstić information content (AvgIpc) is 2.46. The Kier molecular flexibility index (Phi) is 5.17. The Balaban J connectivity index is 1.85. The fraction of sp³-hybridized carbons (Fsp3) is 0.188. The molecule has 0 spiro atoms. The summed E-state index contributed by atoms with van der Waals surface area (Å²) >= 11 is 5.83. The minimum Gasteiger partial charge on any atom is -0.484 e. The molecule has 2 rings (SSSR count). The predicted molar refractivity (Wildman–Crippen MR) is 79.9 cm³/mol. The highest BCUT2D eigenvalue weighted by molar-refractivity contribution is 6.30. The van der Waals surface area contributed by atoms with E-state index in [1.54, 1.807) is 36.4 Å². The van der Waals surface area contributed by atoms with Crippen molar-refractivity contribution in [1.29, 1.82) is 0 Å². The Hall–Kier alpha value is -2.07. The van der Waals surface area contributed by atoms with Gasteiger partial charge in [0, 0.05) is 5.02 Å². The van der Waals surface area contributed by atoms with Crippen LogP contribution in [0.1, 0.15) is 18.5 Å². The zero-order valence-corrected chi connectivity index (χ0v) is 12.2. The Morgan fingerprint density at radius 1 is 1.29 bits per heavy atom. The summed E-state index contributed by atoms with van der Waals surface area (Å²) < 4.78 is 18.2. The smallest absolute Gasteiger partial charge is 0.258 e. The molecule has 0 radical (unpaired) electrons. The van der Waals surface area contributed by atoms with Gasteiger partial charge in [-0.25, -0.2) is 4.39 Å². The van der Waals surface area contributed by atoms with Crippen molar-refractivity contribution >= 4 is 17.5 Å². The molecule has 0 fully saturated rings. The fourth-order valence-corrected chi connectivity index (χ4v) is 2.00. The van der Waals surface area contributed by atoms with E-state index >= 15 is 0 Å². The quantitative estimate of drug-likeness (QED) is 0.914. The molecule has 0 aliphatic heterocycles. The van der Waals surface area contributed by atoms with E-state index in [1.165, 1.54) is 12.1 Å². The van der Waals surface area contributed by atoms with Gasteiger partial charge in [0.25, 0.3) is 5.91 Å². The SMILES string of the molecule is CC(NC(=O)COc1cccc(Cl)c1)c1ccc(F)cc1. The molecule has 1 N–H and O–H groups in total. The van der Waals surface area contributed by atoms with Gasteiger partial charge in [0.15, 0.2) is 6.61 Å². The molecule has 0 saturated carbocycles. The third-order valence-corrected chi connectivity index (χ3v) is 3.15. The second kappa shape index (κ2) is 7.09. The van der Waals surface area contributed by atoms with Gasteiger partial charge in [-0.2, -0.15) is 0 Å². The maximum Gasteiger partial charge on any atom is 0.258 e. The summed E-state index contributed by atoms with van der Waals surface area (Å²) in [5, 5.41) is 3.33. The number of rotatable bonds is 5. The first-order valence-electron chi connectivity index (χ1n) is 6.48. The molecule has 2 aromatic rings. The molecule has 5 heteroatoms. The van der Waals surface area contributed by atoms with Crippen LogP contribution < -0.4 is 10.1 Å². The molecule has 21 heavy (non-hydrogen) atoms. The summed E-state index contributed by atoms with van der Waals surface area (Å²) in [6.45, 7) is 1.72. The zero-order chi connectivity index (χ0) is 15.2. The highest BCUT2D eigenvalue weighted by Gasteiger charge is 2.10. The fourth-order valence-electron chi connectivity index (χ4n) is 1.82. The Labute approximate surface area is 127 Å². The molecule has 1 atom stereocenters. The van der Waals surface area contributed by atoms with E-state index in [-0.39, 0.29) is 24.4 Å². The molecule has 0 bridgehead atoms. The second-order valence-electron chi connectivity index (χ2n) is 4.59. The van der Waals surface area contributed by atoms with Crippen LogP contribution in [0, 0.1) is 5.82 Å². The number of hydrogen-bond donors (Lipinski definition) is 1. The van der Waals surface area contributed by atoms with Gasteiger partial charge in [-0.05, 0) is 42.8 Å². The molecule has 0 aliphatic carbocycles. The van der Waals surface area contributed by atoms with Crippen LogP contribution in [0.4, 0.5) is 4.39 Å². The van der Waals surface area contributed by atoms with Crippen LogP contribution in [0.25, 0.3) is 0 Å². The molecular formula is C16H15ClFNO2. The Morgan fingerprint density at radius 2 is 2.00 bits per heavy atom. The maximum absolute atomic E-state index is 12.8. The van der Waals surface area contributed by atoms with Crippen LogP contribution in [0.3, 0.4) is 0 Å². The van der Waals surface area contributed by atoms with Crippen LogP contribution in [0.15, 0.2) is 48.5 Å². The molecule has 0 saturated heterocycles. The lowest BCUT2D eigenvalue weighted by Gasteiger charge is -2.14. The van der Waals surface area contributed by atoms with Crippen molar-refractivity contribution in [3.05, 3.63) is 64.9 Å². The van der Waals surface area contributed by atoms with Crippen molar-refractivity contribution in [2.24, 2.45) is 0 Å². The lowest BCUT2D eigenvalue weighted by atomic mass is 10.1. The third-order valence-electron chi connectivity index (χ3n) is 2.91. The summed E-state index contributed by atoms with van der Waals surface area (Å²) in [6, 6.07) is 12.6. The van der Waals surface area contributed by atoms with Crippen molar-refractivity contribution in [2.45, 2.75) is 13.0 Å². The maximum atomic E-state index is 12.8. The first-order valence-corrected chi connectivity index (χ1v) is 6.85. The van der Waals surface area contributed by atoms with Crippen LogP contribution in [-0.2, 0) is 4.79 Å². The Bertz CT molecular complexity index is 616. The topological polar surface area (TPSA) is 38.3 Å². The summed E-state index contributed by atoms with van der Waals surface area (Å²) in [4.78, 5) is 11.8. The van der Waals surface area contributed by atoms with E-state index in [4.69, 9.17) is 16.3 Å². The number of halogens is 2. The van der Waals surface area contributed by atoms with Crippen molar-refractivity contribution in [1.82, 2.24) is 5.32 Å². The molecule has 3 nitrogen and oxygen atoms in total. The standard InChI is InChI=1S/C16H15ClFNO2/c1-11(12-5-7-14(18)8-6-12)19-16(20)10-21-15-4-2-3-13(17)9-15/h2-9,11H,10H2,1H3,(H,19,20). The normalized spacial score (nSPS) is 11.8. The van der Waals surface area contributed by atoms with Gasteiger partial charge in [-0.15, -0.1) is 0 Å². The number of amides is 1. The van der Waals surface area contributed by atoms with Gasteiger partial charge in [-0.3, -0.25) is 4.79 Å². The summed E-state index contributed by atoms with van der Waals surface area (Å²) in [5.41, 5.74) is 0.826. The lowest BCUT2D eigenvalue weighted by molar-refractivity contribution is -0.123. The monoisotopic (exact) mass is 307 g/mol.